The van der Waals surface area contributed by atoms with Crippen molar-refractivity contribution >= 4 is 21.1 Å². The van der Waals surface area contributed by atoms with Crippen molar-refractivity contribution in [1.82, 2.24) is 14.3 Å². The van der Waals surface area contributed by atoms with Crippen LogP contribution < -0.4 is 0 Å². The molecule has 136 valence electrons. The van der Waals surface area contributed by atoms with Gasteiger partial charge in [-0.15, -0.1) is 0 Å². The number of fused-ring (bicyclic) bond motifs is 1. The first-order valence-electron chi connectivity index (χ1n) is 8.92. The van der Waals surface area contributed by atoms with Crippen molar-refractivity contribution in [2.45, 2.75) is 44.6 Å². The molecule has 0 spiro atoms. The van der Waals surface area contributed by atoms with E-state index in [4.69, 9.17) is 0 Å². The van der Waals surface area contributed by atoms with Crippen LogP contribution in [0.2, 0.25) is 0 Å². The lowest BCUT2D eigenvalue weighted by atomic mass is 10.1. The van der Waals surface area contributed by atoms with Crippen molar-refractivity contribution in [2.75, 3.05) is 6.54 Å². The van der Waals surface area contributed by atoms with E-state index >= 15 is 0 Å². The third-order valence-corrected chi connectivity index (χ3v) is 7.31. The summed E-state index contributed by atoms with van der Waals surface area (Å²) in [5.74, 6) is 0.731. The highest BCUT2D eigenvalue weighted by atomic mass is 32.2. The van der Waals surface area contributed by atoms with E-state index in [2.05, 4.69) is 9.97 Å². The monoisotopic (exact) mass is 369 g/mol. The van der Waals surface area contributed by atoms with E-state index in [1.54, 1.807) is 4.31 Å². The van der Waals surface area contributed by atoms with Crippen LogP contribution in [0.15, 0.2) is 41.3 Å². The minimum atomic E-state index is -3.58. The molecule has 1 aliphatic heterocycles. The third kappa shape index (κ3) is 2.73. The Labute approximate surface area is 154 Å². The van der Waals surface area contributed by atoms with Crippen LogP contribution in [-0.2, 0) is 10.0 Å². The van der Waals surface area contributed by atoms with Gasteiger partial charge in [-0.3, -0.25) is 0 Å². The van der Waals surface area contributed by atoms with Crippen LogP contribution in [0.4, 0.5) is 0 Å². The van der Waals surface area contributed by atoms with Crippen LogP contribution in [0.25, 0.3) is 11.0 Å². The summed E-state index contributed by atoms with van der Waals surface area (Å²) in [4.78, 5) is 8.40. The van der Waals surface area contributed by atoms with E-state index in [0.717, 1.165) is 46.4 Å². The molecule has 2 heterocycles. The molecular weight excluding hydrogens is 346 g/mol. The quantitative estimate of drug-likeness (QED) is 0.758. The Hall–Kier alpha value is -2.18. The number of rotatable bonds is 3. The average molecular weight is 369 g/mol. The SMILES string of the molecule is Cc1cc(C)c(S(=O)(=O)N2CCC[C@@H]2c2nc3ccccc3[nH]2)c(C)c1. The summed E-state index contributed by atoms with van der Waals surface area (Å²) in [5, 5.41) is 0. The number of H-pyrrole nitrogens is 1. The van der Waals surface area contributed by atoms with Gasteiger partial charge in [0.2, 0.25) is 10.0 Å². The largest absolute Gasteiger partial charge is 0.341 e. The summed E-state index contributed by atoms with van der Waals surface area (Å²) < 4.78 is 28.6. The first-order chi connectivity index (χ1) is 12.4. The summed E-state index contributed by atoms with van der Waals surface area (Å²) in [5.41, 5.74) is 4.49. The average Bonchev–Trinajstić information content (AvgIpc) is 3.20. The predicted molar refractivity (Wildman–Crippen MR) is 103 cm³/mol. The molecule has 3 aromatic rings. The fourth-order valence-corrected chi connectivity index (χ4v) is 6.20. The number of nitrogens with one attached hydrogen (secondary N) is 1. The highest BCUT2D eigenvalue weighted by molar-refractivity contribution is 7.89. The van der Waals surface area contributed by atoms with Gasteiger partial charge in [-0.25, -0.2) is 13.4 Å². The Morgan fingerprint density at radius 2 is 1.81 bits per heavy atom. The molecule has 6 heteroatoms. The van der Waals surface area contributed by atoms with Crippen LogP contribution in [0.5, 0.6) is 0 Å². The van der Waals surface area contributed by atoms with Crippen molar-refractivity contribution in [3.8, 4) is 0 Å². The Morgan fingerprint density at radius 1 is 1.12 bits per heavy atom. The predicted octanol–water partition coefficient (Wildman–Crippen LogP) is 4.01. The zero-order chi connectivity index (χ0) is 18.5. The van der Waals surface area contributed by atoms with E-state index in [-0.39, 0.29) is 6.04 Å². The summed E-state index contributed by atoms with van der Waals surface area (Å²) in [6.45, 7) is 6.26. The zero-order valence-electron chi connectivity index (χ0n) is 15.3. The molecule has 0 saturated carbocycles. The standard InChI is InChI=1S/C20H23N3O2S/c1-13-11-14(2)19(15(3)12-13)26(24,25)23-10-6-9-18(23)20-21-16-7-4-5-8-17(16)22-20/h4-5,7-8,11-12,18H,6,9-10H2,1-3H3,(H,21,22)/t18-/m1/s1. The summed E-state index contributed by atoms with van der Waals surface area (Å²) >= 11 is 0. The first kappa shape index (κ1) is 17.2. The molecule has 5 nitrogen and oxygen atoms in total. The molecule has 1 fully saturated rings. The van der Waals surface area contributed by atoms with Crippen molar-refractivity contribution in [3.05, 3.63) is 58.9 Å². The number of aromatic nitrogens is 2. The maximum absolute atomic E-state index is 13.5. The Morgan fingerprint density at radius 3 is 2.50 bits per heavy atom. The molecule has 26 heavy (non-hydrogen) atoms. The van der Waals surface area contributed by atoms with Gasteiger partial charge in [-0.1, -0.05) is 29.8 Å². The second kappa shape index (κ2) is 6.21. The Bertz CT molecular complexity index is 1030. The van der Waals surface area contributed by atoms with Gasteiger partial charge >= 0.3 is 0 Å². The van der Waals surface area contributed by atoms with Crippen LogP contribution >= 0.6 is 0 Å². The van der Waals surface area contributed by atoms with Gasteiger partial charge in [0.15, 0.2) is 0 Å². The fourth-order valence-electron chi connectivity index (χ4n) is 4.12. The second-order valence-corrected chi connectivity index (χ2v) is 8.97. The summed E-state index contributed by atoms with van der Waals surface area (Å²) in [7, 11) is -3.58. The molecule has 4 rings (SSSR count). The first-order valence-corrected chi connectivity index (χ1v) is 10.4. The van der Waals surface area contributed by atoms with E-state index in [1.807, 2.05) is 57.2 Å². The maximum Gasteiger partial charge on any atom is 0.244 e. The third-order valence-electron chi connectivity index (χ3n) is 5.10. The van der Waals surface area contributed by atoms with Crippen LogP contribution in [0.3, 0.4) is 0 Å². The minimum Gasteiger partial charge on any atom is -0.341 e. The summed E-state index contributed by atoms with van der Waals surface area (Å²) in [6.07, 6.45) is 1.62. The molecule has 0 aliphatic carbocycles. The van der Waals surface area contributed by atoms with E-state index in [1.165, 1.54) is 0 Å². The number of nitrogens with zero attached hydrogens (tertiary/aromatic N) is 2. The number of benzene rings is 2. The van der Waals surface area contributed by atoms with Gasteiger partial charge < -0.3 is 4.98 Å². The van der Waals surface area contributed by atoms with Crippen molar-refractivity contribution < 1.29 is 8.42 Å². The lowest BCUT2D eigenvalue weighted by Crippen LogP contribution is -2.32. The number of hydrogen-bond donors (Lipinski definition) is 1. The highest BCUT2D eigenvalue weighted by Crippen LogP contribution is 2.37. The van der Waals surface area contributed by atoms with Crippen LogP contribution in [0, 0.1) is 20.8 Å². The fraction of sp³-hybridized carbons (Fsp3) is 0.350. The Kier molecular flexibility index (Phi) is 4.12. The molecular formula is C20H23N3O2S. The molecule has 1 N–H and O–H groups in total. The minimum absolute atomic E-state index is 0.243. The molecule has 1 atom stereocenters. The molecule has 2 aromatic carbocycles. The van der Waals surface area contributed by atoms with E-state index < -0.39 is 10.0 Å². The molecule has 1 aliphatic rings. The molecule has 1 saturated heterocycles. The lowest BCUT2D eigenvalue weighted by molar-refractivity contribution is 0.385. The van der Waals surface area contributed by atoms with Crippen molar-refractivity contribution in [3.63, 3.8) is 0 Å². The van der Waals surface area contributed by atoms with E-state index in [0.29, 0.717) is 11.4 Å². The summed E-state index contributed by atoms with van der Waals surface area (Å²) in [6, 6.07) is 11.4. The lowest BCUT2D eigenvalue weighted by Gasteiger charge is -2.24. The number of sulfonamides is 1. The molecule has 0 unspecified atom stereocenters. The van der Waals surface area contributed by atoms with E-state index in [9.17, 15) is 8.42 Å². The topological polar surface area (TPSA) is 66.1 Å². The maximum atomic E-state index is 13.5. The van der Waals surface area contributed by atoms with Gasteiger partial charge in [0.25, 0.3) is 0 Å². The number of hydrogen-bond acceptors (Lipinski definition) is 3. The smallest absolute Gasteiger partial charge is 0.244 e. The molecule has 0 bridgehead atoms. The van der Waals surface area contributed by atoms with Crippen molar-refractivity contribution in [1.29, 1.82) is 0 Å². The number of imidazole rings is 1. The van der Waals surface area contributed by atoms with Crippen LogP contribution in [0.1, 0.15) is 41.4 Å². The second-order valence-electron chi connectivity index (χ2n) is 7.14. The number of para-hydroxylation sites is 2. The van der Waals surface area contributed by atoms with Gasteiger partial charge in [0.05, 0.1) is 22.0 Å². The van der Waals surface area contributed by atoms with Gasteiger partial charge in [0, 0.05) is 6.54 Å². The normalized spacial score (nSPS) is 18.7. The van der Waals surface area contributed by atoms with Gasteiger partial charge in [0.1, 0.15) is 5.82 Å². The molecule has 0 amide bonds. The highest BCUT2D eigenvalue weighted by Gasteiger charge is 2.39. The van der Waals surface area contributed by atoms with Gasteiger partial charge in [-0.2, -0.15) is 4.31 Å². The molecule has 1 aromatic heterocycles. The number of aromatic amines is 1. The zero-order valence-corrected chi connectivity index (χ0v) is 16.1. The molecule has 0 radical (unpaired) electrons. The van der Waals surface area contributed by atoms with Crippen LogP contribution in [-0.4, -0.2) is 29.2 Å². The number of aryl methyl sites for hydroxylation is 3. The Balaban J connectivity index is 1.78. The van der Waals surface area contributed by atoms with Gasteiger partial charge in [-0.05, 0) is 56.9 Å². The van der Waals surface area contributed by atoms with Crippen molar-refractivity contribution in [2.24, 2.45) is 0 Å².